The Morgan fingerprint density at radius 1 is 1.10 bits per heavy atom. The number of anilines is 4. The van der Waals surface area contributed by atoms with Gasteiger partial charge in [-0.2, -0.15) is 4.36 Å². The molecule has 3 rings (SSSR count). The highest BCUT2D eigenvalue weighted by atomic mass is 35.5. The molecule has 0 aliphatic carbocycles. The summed E-state index contributed by atoms with van der Waals surface area (Å²) in [5.41, 5.74) is 6.32. The first-order valence-corrected chi connectivity index (χ1v) is 12.1. The number of nitrogens with two attached hydrogens (primary N) is 1. The molecule has 2 aromatic carbocycles. The Bertz CT molecular complexity index is 1290. The largest absolute Gasteiger partial charge is 0.396 e. The van der Waals surface area contributed by atoms with E-state index in [0.717, 1.165) is 12.8 Å². The molecule has 1 atom stereocenters. The molecule has 1 heterocycles. The minimum Gasteiger partial charge on any atom is -0.396 e. The van der Waals surface area contributed by atoms with E-state index in [1.54, 1.807) is 18.2 Å². The highest BCUT2D eigenvalue weighted by Crippen LogP contribution is 2.37. The van der Waals surface area contributed by atoms with Gasteiger partial charge in [-0.3, -0.25) is 14.6 Å². The standard InChI is InChI=1S/C21H24ClN5O3S/c1-4-12(5-2)25-17-18(20(29)19(17)28)26-15-7-6-14(22)21(16(15)23)31(3,30)27-13-8-10-24-11-9-13/h6-12,25-26H,4-5,23H2,1-3H3. The highest BCUT2D eigenvalue weighted by Gasteiger charge is 2.25. The van der Waals surface area contributed by atoms with E-state index < -0.39 is 20.6 Å². The van der Waals surface area contributed by atoms with Crippen LogP contribution in [0.5, 0.6) is 0 Å². The summed E-state index contributed by atoms with van der Waals surface area (Å²) in [4.78, 5) is 28.3. The molecule has 0 saturated carbocycles. The van der Waals surface area contributed by atoms with Gasteiger partial charge in [0.1, 0.15) is 11.4 Å². The maximum atomic E-state index is 13.4. The Kier molecular flexibility index (Phi) is 6.66. The zero-order valence-corrected chi connectivity index (χ0v) is 19.0. The van der Waals surface area contributed by atoms with Crippen LogP contribution in [0.25, 0.3) is 0 Å². The molecule has 0 aliphatic rings. The molecule has 0 fully saturated rings. The van der Waals surface area contributed by atoms with Crippen LogP contribution in [0, 0.1) is 0 Å². The summed E-state index contributed by atoms with van der Waals surface area (Å²) in [6.07, 6.45) is 6.12. The predicted octanol–water partition coefficient (Wildman–Crippen LogP) is 4.05. The number of aromatic nitrogens is 1. The second kappa shape index (κ2) is 9.07. The van der Waals surface area contributed by atoms with Gasteiger partial charge in [-0.15, -0.1) is 0 Å². The predicted molar refractivity (Wildman–Crippen MR) is 127 cm³/mol. The van der Waals surface area contributed by atoms with Gasteiger partial charge in [0, 0.05) is 24.7 Å². The Balaban J connectivity index is 2.03. The zero-order chi connectivity index (χ0) is 22.8. The van der Waals surface area contributed by atoms with Crippen molar-refractivity contribution in [3.05, 3.63) is 62.1 Å². The summed E-state index contributed by atoms with van der Waals surface area (Å²) in [7, 11) is -3.02. The normalized spacial score (nSPS) is 13.2. The van der Waals surface area contributed by atoms with Gasteiger partial charge in [0.25, 0.3) is 10.9 Å². The van der Waals surface area contributed by atoms with E-state index in [2.05, 4.69) is 20.0 Å². The highest BCUT2D eigenvalue weighted by molar-refractivity contribution is 7.93. The number of benzene rings is 1. The van der Waals surface area contributed by atoms with E-state index in [-0.39, 0.29) is 33.0 Å². The fourth-order valence-corrected chi connectivity index (χ4v) is 5.36. The lowest BCUT2D eigenvalue weighted by molar-refractivity contribution is 0.670. The maximum Gasteiger partial charge on any atom is 0.253 e. The van der Waals surface area contributed by atoms with Crippen LogP contribution in [0.1, 0.15) is 26.7 Å². The van der Waals surface area contributed by atoms with Gasteiger partial charge < -0.3 is 16.4 Å². The number of pyridine rings is 1. The molecule has 0 radical (unpaired) electrons. The van der Waals surface area contributed by atoms with E-state index in [0.29, 0.717) is 11.4 Å². The lowest BCUT2D eigenvalue weighted by Gasteiger charge is -2.21. The zero-order valence-electron chi connectivity index (χ0n) is 17.4. The molecule has 0 aliphatic heterocycles. The topological polar surface area (TPSA) is 127 Å². The fourth-order valence-electron chi connectivity index (χ4n) is 3.20. The maximum absolute atomic E-state index is 13.4. The lowest BCUT2D eigenvalue weighted by atomic mass is 10.1. The average Bonchev–Trinajstić information content (AvgIpc) is 2.74. The van der Waals surface area contributed by atoms with Gasteiger partial charge >= 0.3 is 0 Å². The number of nitrogen functional groups attached to an aromatic ring is 1. The van der Waals surface area contributed by atoms with Crippen LogP contribution in [-0.4, -0.2) is 21.5 Å². The van der Waals surface area contributed by atoms with Crippen LogP contribution < -0.4 is 27.2 Å². The van der Waals surface area contributed by atoms with Crippen LogP contribution >= 0.6 is 11.6 Å². The van der Waals surface area contributed by atoms with Crippen molar-refractivity contribution in [3.8, 4) is 0 Å². The molecule has 0 bridgehead atoms. The summed E-state index contributed by atoms with van der Waals surface area (Å²) in [6.45, 7) is 3.99. The Morgan fingerprint density at radius 3 is 2.32 bits per heavy atom. The molecule has 10 heteroatoms. The van der Waals surface area contributed by atoms with E-state index in [9.17, 15) is 13.8 Å². The number of nitrogens with zero attached hydrogens (tertiary/aromatic N) is 2. The van der Waals surface area contributed by atoms with Crippen molar-refractivity contribution in [1.82, 2.24) is 4.98 Å². The minimum absolute atomic E-state index is 0.0653. The first kappa shape index (κ1) is 22.8. The number of hydrogen-bond donors (Lipinski definition) is 3. The van der Waals surface area contributed by atoms with Crippen LogP contribution in [0.2, 0.25) is 5.02 Å². The van der Waals surface area contributed by atoms with Crippen molar-refractivity contribution in [2.24, 2.45) is 4.36 Å². The third-order valence-electron chi connectivity index (χ3n) is 4.97. The Hall–Kier alpha value is -2.91. The van der Waals surface area contributed by atoms with Gasteiger partial charge in [0.05, 0.1) is 36.7 Å². The number of rotatable bonds is 8. The first-order chi connectivity index (χ1) is 14.7. The second-order valence-electron chi connectivity index (χ2n) is 7.13. The lowest BCUT2D eigenvalue weighted by Crippen LogP contribution is -2.38. The number of halogens is 1. The van der Waals surface area contributed by atoms with Crippen LogP contribution in [0.3, 0.4) is 0 Å². The Morgan fingerprint density at radius 2 is 1.71 bits per heavy atom. The molecule has 8 nitrogen and oxygen atoms in total. The van der Waals surface area contributed by atoms with Crippen molar-refractivity contribution >= 4 is 49.8 Å². The average molecular weight is 462 g/mol. The van der Waals surface area contributed by atoms with Gasteiger partial charge in [0.2, 0.25) is 0 Å². The quantitative estimate of drug-likeness (QED) is 0.341. The molecule has 3 aromatic rings. The summed E-state index contributed by atoms with van der Waals surface area (Å²) in [5, 5.41) is 6.22. The second-order valence-corrected chi connectivity index (χ2v) is 9.73. The molecule has 31 heavy (non-hydrogen) atoms. The summed E-state index contributed by atoms with van der Waals surface area (Å²) >= 11 is 6.32. The minimum atomic E-state index is -3.02. The molecule has 164 valence electrons. The molecular weight excluding hydrogens is 438 g/mol. The van der Waals surface area contributed by atoms with Gasteiger partial charge in [-0.25, -0.2) is 4.21 Å². The molecule has 0 spiro atoms. The SMILES string of the molecule is CCC(CC)Nc1c(Nc2ccc(Cl)c(S(C)(=O)=Nc3ccncc3)c2N)c(=O)c1=O. The number of hydrogen-bond acceptors (Lipinski definition) is 8. The van der Waals surface area contributed by atoms with Crippen molar-refractivity contribution in [2.45, 2.75) is 37.6 Å². The summed E-state index contributed by atoms with van der Waals surface area (Å²) < 4.78 is 17.7. The van der Waals surface area contributed by atoms with E-state index in [4.69, 9.17) is 17.3 Å². The summed E-state index contributed by atoms with van der Waals surface area (Å²) in [5.74, 6) is 0. The van der Waals surface area contributed by atoms with Gasteiger partial charge in [-0.1, -0.05) is 25.4 Å². The van der Waals surface area contributed by atoms with E-state index in [1.807, 2.05) is 13.8 Å². The smallest absolute Gasteiger partial charge is 0.253 e. The van der Waals surface area contributed by atoms with Crippen LogP contribution in [0.4, 0.5) is 28.4 Å². The van der Waals surface area contributed by atoms with E-state index >= 15 is 0 Å². The third kappa shape index (κ3) is 4.57. The first-order valence-electron chi connectivity index (χ1n) is 9.76. The molecule has 4 N–H and O–H groups in total. The Labute approximate surface area is 185 Å². The molecular formula is C21H24ClN5O3S. The van der Waals surface area contributed by atoms with E-state index in [1.165, 1.54) is 24.7 Å². The van der Waals surface area contributed by atoms with Crippen molar-refractivity contribution in [2.75, 3.05) is 22.6 Å². The van der Waals surface area contributed by atoms with Crippen molar-refractivity contribution in [3.63, 3.8) is 0 Å². The third-order valence-corrected chi connectivity index (χ3v) is 7.16. The van der Waals surface area contributed by atoms with Crippen molar-refractivity contribution < 1.29 is 4.21 Å². The molecule has 0 amide bonds. The molecule has 1 aromatic heterocycles. The number of nitrogens with one attached hydrogen (secondary N) is 2. The van der Waals surface area contributed by atoms with Gasteiger partial charge in [0.15, 0.2) is 0 Å². The summed E-state index contributed by atoms with van der Waals surface area (Å²) in [6, 6.07) is 6.40. The molecule has 0 saturated heterocycles. The fraction of sp³-hybridized carbons (Fsp3) is 0.286. The van der Waals surface area contributed by atoms with Crippen LogP contribution in [0.15, 0.2) is 55.5 Å². The van der Waals surface area contributed by atoms with Crippen LogP contribution in [-0.2, 0) is 9.73 Å². The van der Waals surface area contributed by atoms with Gasteiger partial charge in [-0.05, 0) is 37.1 Å². The monoisotopic (exact) mass is 461 g/mol. The van der Waals surface area contributed by atoms with Crippen molar-refractivity contribution in [1.29, 1.82) is 0 Å². The molecule has 1 unspecified atom stereocenters.